The molecule has 0 unspecified atom stereocenters. The van der Waals surface area contributed by atoms with Crippen LogP contribution in [0.3, 0.4) is 0 Å². The van der Waals surface area contributed by atoms with Gasteiger partial charge in [-0.3, -0.25) is 0 Å². The summed E-state index contributed by atoms with van der Waals surface area (Å²) in [5, 5.41) is 13.2. The average molecular weight is 418 g/mol. The number of piperazine rings is 1. The highest BCUT2D eigenvalue weighted by atomic mass is 15.6. The third-order valence-corrected chi connectivity index (χ3v) is 7.10. The maximum absolute atomic E-state index is 4.58. The van der Waals surface area contributed by atoms with Gasteiger partial charge in [0.2, 0.25) is 5.82 Å². The first kappa shape index (κ1) is 20.2. The lowest BCUT2D eigenvalue weighted by molar-refractivity contribution is -0.927. The molecule has 1 saturated heterocycles. The summed E-state index contributed by atoms with van der Waals surface area (Å²) < 4.78 is 2.15. The van der Waals surface area contributed by atoms with Gasteiger partial charge in [0, 0.05) is 11.3 Å². The summed E-state index contributed by atoms with van der Waals surface area (Å²) in [5.74, 6) is 1.04. The first-order valence-corrected chi connectivity index (χ1v) is 11.7. The number of hydrogen-bond donors (Lipinski definition) is 1. The van der Waals surface area contributed by atoms with E-state index in [4.69, 9.17) is 0 Å². The number of aryl methyl sites for hydroxylation is 2. The number of rotatable bonds is 5. The summed E-state index contributed by atoms with van der Waals surface area (Å²) in [6.07, 6.45) is 4.94. The lowest BCUT2D eigenvalue weighted by Gasteiger charge is -2.38. The maximum atomic E-state index is 4.58. The van der Waals surface area contributed by atoms with Crippen LogP contribution in [0.25, 0.3) is 0 Å². The molecule has 2 heterocycles. The van der Waals surface area contributed by atoms with Gasteiger partial charge in [0.05, 0.1) is 32.2 Å². The number of anilines is 1. The van der Waals surface area contributed by atoms with E-state index in [9.17, 15) is 0 Å². The van der Waals surface area contributed by atoms with Crippen molar-refractivity contribution < 1.29 is 4.90 Å². The molecule has 3 aromatic rings. The molecule has 0 spiro atoms. The van der Waals surface area contributed by atoms with Gasteiger partial charge in [-0.15, -0.1) is 5.10 Å². The monoisotopic (exact) mass is 417 g/mol. The van der Waals surface area contributed by atoms with E-state index < -0.39 is 0 Å². The minimum atomic E-state index is 0.178. The summed E-state index contributed by atoms with van der Waals surface area (Å²) in [6, 6.07) is 18.2. The third kappa shape index (κ3) is 4.09. The van der Waals surface area contributed by atoms with Crippen LogP contribution in [0.4, 0.5) is 5.69 Å². The summed E-state index contributed by atoms with van der Waals surface area (Å²) in [6.45, 7) is 8.64. The van der Waals surface area contributed by atoms with Gasteiger partial charge in [-0.2, -0.15) is 0 Å². The van der Waals surface area contributed by atoms with Gasteiger partial charge in [0.25, 0.3) is 0 Å². The maximum Gasteiger partial charge on any atom is 0.214 e. The molecule has 5 rings (SSSR count). The van der Waals surface area contributed by atoms with Crippen molar-refractivity contribution in [3.8, 4) is 0 Å². The quantitative estimate of drug-likeness (QED) is 0.694. The van der Waals surface area contributed by atoms with Crippen LogP contribution in [-0.4, -0.2) is 46.4 Å². The lowest BCUT2D eigenvalue weighted by Crippen LogP contribution is -3.15. The van der Waals surface area contributed by atoms with E-state index in [2.05, 4.69) is 87.5 Å². The first-order chi connectivity index (χ1) is 15.2. The third-order valence-electron chi connectivity index (χ3n) is 7.10. The number of hydrogen-bond acceptors (Lipinski definition) is 4. The van der Waals surface area contributed by atoms with Crippen molar-refractivity contribution in [1.82, 2.24) is 20.2 Å². The minimum Gasteiger partial charge on any atom is -0.360 e. The van der Waals surface area contributed by atoms with Gasteiger partial charge >= 0.3 is 0 Å². The molecular formula is C25H33N6+. The molecule has 162 valence electrons. The summed E-state index contributed by atoms with van der Waals surface area (Å²) >= 11 is 0. The number of nitrogens with one attached hydrogen (secondary N) is 1. The van der Waals surface area contributed by atoms with Crippen molar-refractivity contribution in [2.75, 3.05) is 31.1 Å². The molecule has 1 N–H and O–H groups in total. The minimum absolute atomic E-state index is 0.178. The zero-order chi connectivity index (χ0) is 21.2. The summed E-state index contributed by atoms with van der Waals surface area (Å²) in [4.78, 5) is 4.11. The van der Waals surface area contributed by atoms with Crippen LogP contribution < -0.4 is 9.80 Å². The van der Waals surface area contributed by atoms with Gasteiger partial charge in [-0.25, -0.2) is 4.68 Å². The fraction of sp³-hybridized carbons (Fsp3) is 0.480. The molecule has 2 aliphatic rings. The van der Waals surface area contributed by atoms with Gasteiger partial charge in [-0.1, -0.05) is 55.3 Å². The number of nitrogens with zero attached hydrogens (tertiary/aromatic N) is 5. The zero-order valence-electron chi connectivity index (χ0n) is 18.7. The molecule has 2 fully saturated rings. The molecule has 1 atom stereocenters. The standard InChI is InChI=1S/C25H32N6/c1-19-12-13-20(2)23(18-19)29-14-16-30(17-15-29)24(21-8-4-3-5-9-21)25-26-27-28-31(25)22-10-6-7-11-22/h3-5,8-9,12-13,18,22,24H,6-7,10-11,14-17H2,1-2H3/p+1/t24-/m1/s1. The van der Waals surface area contributed by atoms with Crippen LogP contribution in [0.1, 0.15) is 60.3 Å². The van der Waals surface area contributed by atoms with E-state index in [1.54, 1.807) is 4.90 Å². The Morgan fingerprint density at radius 3 is 2.45 bits per heavy atom. The Labute approximate surface area is 184 Å². The van der Waals surface area contributed by atoms with Crippen LogP contribution in [0.5, 0.6) is 0 Å². The second-order valence-corrected chi connectivity index (χ2v) is 9.20. The van der Waals surface area contributed by atoms with Crippen molar-refractivity contribution in [2.24, 2.45) is 0 Å². The predicted molar refractivity (Wildman–Crippen MR) is 122 cm³/mol. The molecule has 1 aliphatic heterocycles. The Morgan fingerprint density at radius 2 is 1.71 bits per heavy atom. The van der Waals surface area contributed by atoms with Crippen LogP contribution in [0.2, 0.25) is 0 Å². The molecule has 1 aromatic heterocycles. The van der Waals surface area contributed by atoms with Crippen LogP contribution in [0.15, 0.2) is 48.5 Å². The number of tetrazole rings is 1. The SMILES string of the molecule is Cc1ccc(C)c(N2CC[NH+]([C@H](c3ccccc3)c3nnnn3C3CCCC3)CC2)c1. The molecule has 1 saturated carbocycles. The molecule has 1 aliphatic carbocycles. The second kappa shape index (κ2) is 8.79. The van der Waals surface area contributed by atoms with Crippen molar-refractivity contribution >= 4 is 5.69 Å². The molecule has 0 radical (unpaired) electrons. The topological polar surface area (TPSA) is 51.3 Å². The smallest absolute Gasteiger partial charge is 0.214 e. The first-order valence-electron chi connectivity index (χ1n) is 11.7. The van der Waals surface area contributed by atoms with Crippen LogP contribution in [0, 0.1) is 13.8 Å². The van der Waals surface area contributed by atoms with E-state index in [1.165, 1.54) is 48.1 Å². The predicted octanol–water partition coefficient (Wildman–Crippen LogP) is 2.90. The summed E-state index contributed by atoms with van der Waals surface area (Å²) in [7, 11) is 0. The molecular weight excluding hydrogens is 384 g/mol. The van der Waals surface area contributed by atoms with Crippen molar-refractivity contribution in [3.63, 3.8) is 0 Å². The highest BCUT2D eigenvalue weighted by molar-refractivity contribution is 5.55. The second-order valence-electron chi connectivity index (χ2n) is 9.20. The highest BCUT2D eigenvalue weighted by Gasteiger charge is 2.36. The van der Waals surface area contributed by atoms with Crippen LogP contribution >= 0.6 is 0 Å². The van der Waals surface area contributed by atoms with E-state index in [1.807, 2.05) is 0 Å². The Hall–Kier alpha value is -2.73. The van der Waals surface area contributed by atoms with E-state index in [0.29, 0.717) is 6.04 Å². The highest BCUT2D eigenvalue weighted by Crippen LogP contribution is 2.31. The summed E-state index contributed by atoms with van der Waals surface area (Å²) in [5.41, 5.74) is 5.38. The fourth-order valence-electron chi connectivity index (χ4n) is 5.40. The fourth-order valence-corrected chi connectivity index (χ4v) is 5.40. The van der Waals surface area contributed by atoms with Gasteiger partial charge in [0.1, 0.15) is 0 Å². The molecule has 2 aromatic carbocycles. The van der Waals surface area contributed by atoms with Crippen LogP contribution in [-0.2, 0) is 0 Å². The molecule has 6 heteroatoms. The van der Waals surface area contributed by atoms with Crippen molar-refractivity contribution in [2.45, 2.75) is 51.6 Å². The Kier molecular flexibility index (Phi) is 5.72. The molecule has 0 bridgehead atoms. The van der Waals surface area contributed by atoms with Gasteiger partial charge in [-0.05, 0) is 54.3 Å². The Morgan fingerprint density at radius 1 is 0.968 bits per heavy atom. The lowest BCUT2D eigenvalue weighted by atomic mass is 10.0. The molecule has 0 amide bonds. The zero-order valence-corrected chi connectivity index (χ0v) is 18.7. The van der Waals surface area contributed by atoms with Gasteiger partial charge < -0.3 is 9.80 Å². The average Bonchev–Trinajstić information content (AvgIpc) is 3.49. The van der Waals surface area contributed by atoms with E-state index in [-0.39, 0.29) is 6.04 Å². The Bertz CT molecular complexity index is 1000. The largest absolute Gasteiger partial charge is 0.360 e. The normalized spacial score (nSPS) is 19.1. The molecule has 31 heavy (non-hydrogen) atoms. The molecule has 6 nitrogen and oxygen atoms in total. The Balaban J connectivity index is 1.42. The number of quaternary nitrogens is 1. The van der Waals surface area contributed by atoms with E-state index in [0.717, 1.165) is 32.0 Å². The van der Waals surface area contributed by atoms with Crippen molar-refractivity contribution in [1.29, 1.82) is 0 Å². The van der Waals surface area contributed by atoms with E-state index >= 15 is 0 Å². The number of aromatic nitrogens is 4. The van der Waals surface area contributed by atoms with Gasteiger partial charge in [0.15, 0.2) is 6.04 Å². The number of benzene rings is 2. The van der Waals surface area contributed by atoms with Crippen molar-refractivity contribution in [3.05, 3.63) is 71.0 Å².